The van der Waals surface area contributed by atoms with Crippen molar-refractivity contribution in [3.63, 3.8) is 0 Å². The summed E-state index contributed by atoms with van der Waals surface area (Å²) < 4.78 is 34.1. The molecule has 0 spiro atoms. The second-order valence-electron chi connectivity index (χ2n) is 7.82. The van der Waals surface area contributed by atoms with Gasteiger partial charge in [-0.25, -0.2) is 13.6 Å². The number of nitrogens with zero attached hydrogens (tertiary/aromatic N) is 5. The SMILES string of the molecule is CCN1CCN(C(=O)N(Cc2ccc(-c3nnc(C)o3)cc2F)c2ccc(F)cc2Cl)CC1. The van der Waals surface area contributed by atoms with Crippen LogP contribution in [0.5, 0.6) is 0 Å². The van der Waals surface area contributed by atoms with E-state index in [1.807, 2.05) is 0 Å². The van der Waals surface area contributed by atoms with E-state index >= 15 is 4.39 Å². The third-order valence-corrected chi connectivity index (χ3v) is 5.98. The summed E-state index contributed by atoms with van der Waals surface area (Å²) in [6.45, 7) is 7.14. The molecular formula is C23H24ClF2N5O2. The number of anilines is 1. The van der Waals surface area contributed by atoms with Gasteiger partial charge in [-0.3, -0.25) is 4.90 Å². The normalized spacial score (nSPS) is 14.5. The van der Waals surface area contributed by atoms with E-state index in [1.54, 1.807) is 24.0 Å². The maximum atomic E-state index is 15.0. The van der Waals surface area contributed by atoms with E-state index in [9.17, 15) is 9.18 Å². The van der Waals surface area contributed by atoms with E-state index in [0.717, 1.165) is 25.7 Å². The van der Waals surface area contributed by atoms with Gasteiger partial charge in [0.2, 0.25) is 11.8 Å². The van der Waals surface area contributed by atoms with Crippen LogP contribution in [-0.2, 0) is 6.54 Å². The van der Waals surface area contributed by atoms with Crippen molar-refractivity contribution in [2.45, 2.75) is 20.4 Å². The molecule has 2 amide bonds. The van der Waals surface area contributed by atoms with Gasteiger partial charge in [0, 0.05) is 44.2 Å². The number of carbonyl (C=O) groups excluding carboxylic acids is 1. The number of hydrogen-bond acceptors (Lipinski definition) is 5. The third kappa shape index (κ3) is 5.15. The third-order valence-electron chi connectivity index (χ3n) is 5.68. The zero-order valence-corrected chi connectivity index (χ0v) is 19.1. The average Bonchev–Trinajstić information content (AvgIpc) is 3.25. The summed E-state index contributed by atoms with van der Waals surface area (Å²) >= 11 is 6.28. The highest BCUT2D eigenvalue weighted by Gasteiger charge is 2.28. The molecule has 0 N–H and O–H groups in total. The predicted octanol–water partition coefficient (Wildman–Crippen LogP) is 4.74. The zero-order chi connectivity index (χ0) is 23.5. The van der Waals surface area contributed by atoms with Crippen molar-refractivity contribution in [2.75, 3.05) is 37.6 Å². The van der Waals surface area contributed by atoms with E-state index in [-0.39, 0.29) is 29.1 Å². The number of urea groups is 1. The van der Waals surface area contributed by atoms with Gasteiger partial charge in [0.1, 0.15) is 11.6 Å². The van der Waals surface area contributed by atoms with Crippen molar-refractivity contribution in [3.05, 3.63) is 64.5 Å². The molecule has 1 saturated heterocycles. The lowest BCUT2D eigenvalue weighted by Crippen LogP contribution is -2.52. The summed E-state index contributed by atoms with van der Waals surface area (Å²) in [5.41, 5.74) is 1.03. The molecule has 1 aliphatic rings. The molecule has 33 heavy (non-hydrogen) atoms. The first kappa shape index (κ1) is 23.1. The highest BCUT2D eigenvalue weighted by molar-refractivity contribution is 6.33. The Labute approximate surface area is 195 Å². The molecule has 7 nitrogen and oxygen atoms in total. The number of aryl methyl sites for hydroxylation is 1. The van der Waals surface area contributed by atoms with Gasteiger partial charge in [0.15, 0.2) is 0 Å². The van der Waals surface area contributed by atoms with Gasteiger partial charge in [0.25, 0.3) is 0 Å². The topological polar surface area (TPSA) is 65.7 Å². The Morgan fingerprint density at radius 2 is 1.88 bits per heavy atom. The number of hydrogen-bond donors (Lipinski definition) is 0. The van der Waals surface area contributed by atoms with Gasteiger partial charge in [-0.15, -0.1) is 10.2 Å². The molecule has 174 valence electrons. The number of benzene rings is 2. The van der Waals surface area contributed by atoms with Crippen LogP contribution >= 0.6 is 11.6 Å². The van der Waals surface area contributed by atoms with Crippen LogP contribution in [0.1, 0.15) is 18.4 Å². The van der Waals surface area contributed by atoms with E-state index in [4.69, 9.17) is 16.0 Å². The number of amides is 2. The molecule has 0 atom stereocenters. The minimum absolute atomic E-state index is 0.0762. The van der Waals surface area contributed by atoms with Crippen molar-refractivity contribution in [1.82, 2.24) is 20.0 Å². The van der Waals surface area contributed by atoms with E-state index in [2.05, 4.69) is 22.0 Å². The van der Waals surface area contributed by atoms with Crippen LogP contribution in [-0.4, -0.2) is 58.8 Å². The minimum Gasteiger partial charge on any atom is -0.421 e. The molecule has 2 aromatic carbocycles. The molecule has 0 unspecified atom stereocenters. The summed E-state index contributed by atoms with van der Waals surface area (Å²) in [5.74, 6) is -0.463. The van der Waals surface area contributed by atoms with Crippen LogP contribution in [0, 0.1) is 18.6 Å². The smallest absolute Gasteiger partial charge is 0.324 e. The Kier molecular flexibility index (Phi) is 6.90. The summed E-state index contributed by atoms with van der Waals surface area (Å²) in [6, 6.07) is 8.01. The van der Waals surface area contributed by atoms with E-state index in [0.29, 0.717) is 30.2 Å². The first-order chi connectivity index (χ1) is 15.9. The zero-order valence-electron chi connectivity index (χ0n) is 18.4. The van der Waals surface area contributed by atoms with Crippen molar-refractivity contribution < 1.29 is 18.0 Å². The van der Waals surface area contributed by atoms with Gasteiger partial charge < -0.3 is 14.2 Å². The van der Waals surface area contributed by atoms with Gasteiger partial charge in [-0.05, 0) is 36.9 Å². The molecule has 1 aromatic heterocycles. The molecule has 0 bridgehead atoms. The monoisotopic (exact) mass is 475 g/mol. The van der Waals surface area contributed by atoms with Crippen LogP contribution in [0.3, 0.4) is 0 Å². The second-order valence-corrected chi connectivity index (χ2v) is 8.23. The van der Waals surface area contributed by atoms with Crippen LogP contribution in [0.4, 0.5) is 19.3 Å². The maximum Gasteiger partial charge on any atom is 0.324 e. The number of rotatable bonds is 5. The Morgan fingerprint density at radius 3 is 2.48 bits per heavy atom. The Morgan fingerprint density at radius 1 is 1.12 bits per heavy atom. The number of aromatic nitrogens is 2. The van der Waals surface area contributed by atoms with Crippen molar-refractivity contribution in [1.29, 1.82) is 0 Å². The second kappa shape index (κ2) is 9.84. The standard InChI is InChI=1S/C23H24ClF2N5O2/c1-3-29-8-10-30(11-9-29)23(32)31(21-7-6-18(25)13-19(21)24)14-17-5-4-16(12-20(17)26)22-28-27-15(2)33-22/h4-7,12-13H,3,8-11,14H2,1-2H3. The van der Waals surface area contributed by atoms with Crippen molar-refractivity contribution in [3.8, 4) is 11.5 Å². The van der Waals surface area contributed by atoms with Crippen LogP contribution in [0.25, 0.3) is 11.5 Å². The molecule has 0 radical (unpaired) electrons. The van der Waals surface area contributed by atoms with Crippen molar-refractivity contribution >= 4 is 23.3 Å². The molecular weight excluding hydrogens is 452 g/mol. The quantitative estimate of drug-likeness (QED) is 0.533. The minimum atomic E-state index is -0.532. The fraction of sp³-hybridized carbons (Fsp3) is 0.348. The van der Waals surface area contributed by atoms with Crippen LogP contribution < -0.4 is 4.90 Å². The summed E-state index contributed by atoms with van der Waals surface area (Å²) in [4.78, 5) is 18.8. The largest absolute Gasteiger partial charge is 0.421 e. The molecule has 1 fully saturated rings. The van der Waals surface area contributed by atoms with Crippen molar-refractivity contribution in [2.24, 2.45) is 0 Å². The molecule has 2 heterocycles. The number of piperazine rings is 1. The van der Waals surface area contributed by atoms with Gasteiger partial charge in [-0.2, -0.15) is 0 Å². The summed E-state index contributed by atoms with van der Waals surface area (Å²) in [6.07, 6.45) is 0. The first-order valence-corrected chi connectivity index (χ1v) is 11.1. The molecule has 4 rings (SSSR count). The summed E-state index contributed by atoms with van der Waals surface area (Å²) in [5, 5.41) is 7.74. The lowest BCUT2D eigenvalue weighted by Gasteiger charge is -2.37. The van der Waals surface area contributed by atoms with Gasteiger partial charge in [0.05, 0.1) is 17.3 Å². The maximum absolute atomic E-state index is 15.0. The van der Waals surface area contributed by atoms with E-state index in [1.165, 1.54) is 23.1 Å². The van der Waals surface area contributed by atoms with Crippen LogP contribution in [0.2, 0.25) is 5.02 Å². The first-order valence-electron chi connectivity index (χ1n) is 10.7. The van der Waals surface area contributed by atoms with Crippen LogP contribution in [0.15, 0.2) is 40.8 Å². The lowest BCUT2D eigenvalue weighted by atomic mass is 10.1. The number of halogens is 3. The Bertz CT molecular complexity index is 1150. The number of likely N-dealkylation sites (N-methyl/N-ethyl adjacent to an activating group) is 1. The highest BCUT2D eigenvalue weighted by atomic mass is 35.5. The fourth-order valence-electron chi connectivity index (χ4n) is 3.77. The molecule has 0 aliphatic carbocycles. The average molecular weight is 476 g/mol. The van der Waals surface area contributed by atoms with Gasteiger partial charge in [-0.1, -0.05) is 24.6 Å². The molecule has 1 aliphatic heterocycles. The molecule has 10 heteroatoms. The molecule has 0 saturated carbocycles. The number of carbonyl (C=O) groups is 1. The fourth-order valence-corrected chi connectivity index (χ4v) is 4.04. The molecule has 3 aromatic rings. The predicted molar refractivity (Wildman–Crippen MR) is 121 cm³/mol. The lowest BCUT2D eigenvalue weighted by molar-refractivity contribution is 0.147. The summed E-state index contributed by atoms with van der Waals surface area (Å²) in [7, 11) is 0. The van der Waals surface area contributed by atoms with Gasteiger partial charge >= 0.3 is 6.03 Å². The van der Waals surface area contributed by atoms with E-state index < -0.39 is 11.6 Å². The Balaban J connectivity index is 1.63. The Hall–Kier alpha value is -3.04. The highest BCUT2D eigenvalue weighted by Crippen LogP contribution is 2.30.